The van der Waals surface area contributed by atoms with E-state index in [9.17, 15) is 9.59 Å². The van der Waals surface area contributed by atoms with Crippen LogP contribution in [0.4, 0.5) is 5.95 Å². The molecule has 142 valence electrons. The maximum absolute atomic E-state index is 13.0. The van der Waals surface area contributed by atoms with E-state index in [-0.39, 0.29) is 5.56 Å². The minimum absolute atomic E-state index is 0.226. The molecule has 0 unspecified atom stereocenters. The Bertz CT molecular complexity index is 1240. The monoisotopic (exact) mass is 377 g/mol. The molecule has 0 aliphatic carbocycles. The van der Waals surface area contributed by atoms with E-state index in [0.717, 1.165) is 11.0 Å². The number of carbonyl (C=O) groups is 1. The largest absolute Gasteiger partial charge is 0.494 e. The van der Waals surface area contributed by atoms with Gasteiger partial charge in [-0.05, 0) is 38.1 Å². The minimum atomic E-state index is -0.602. The van der Waals surface area contributed by atoms with Gasteiger partial charge >= 0.3 is 5.63 Å². The van der Waals surface area contributed by atoms with E-state index in [2.05, 4.69) is 10.3 Å². The summed E-state index contributed by atoms with van der Waals surface area (Å²) in [5.74, 6) is 0.580. The maximum Gasteiger partial charge on any atom is 0.337 e. The Kier molecular flexibility index (Phi) is 4.57. The number of para-hydroxylation sites is 2. The van der Waals surface area contributed by atoms with E-state index in [0.29, 0.717) is 35.8 Å². The summed E-state index contributed by atoms with van der Waals surface area (Å²) in [5.41, 5.74) is 1.64. The molecule has 0 aliphatic rings. The molecule has 0 atom stereocenters. The lowest BCUT2D eigenvalue weighted by Crippen LogP contribution is -2.18. The molecule has 0 radical (unpaired) electrons. The average Bonchev–Trinajstić information content (AvgIpc) is 3.04. The van der Waals surface area contributed by atoms with E-state index in [4.69, 9.17) is 9.15 Å². The number of aryl methyl sites for hydroxylation is 1. The molecule has 0 bridgehead atoms. The number of carbonyl (C=O) groups excluding carboxylic acids is 1. The van der Waals surface area contributed by atoms with Crippen LogP contribution < -0.4 is 15.7 Å². The first-order valence-corrected chi connectivity index (χ1v) is 9.08. The lowest BCUT2D eigenvalue weighted by Gasteiger charge is -2.10. The minimum Gasteiger partial charge on any atom is -0.494 e. The number of nitrogens with one attached hydrogen (secondary N) is 1. The summed E-state index contributed by atoms with van der Waals surface area (Å²) in [4.78, 5) is 29.4. The number of benzene rings is 2. The summed E-state index contributed by atoms with van der Waals surface area (Å²) in [5, 5.41) is 3.35. The third kappa shape index (κ3) is 3.11. The second kappa shape index (κ2) is 7.19. The highest BCUT2D eigenvalue weighted by Crippen LogP contribution is 2.24. The Morgan fingerprint density at radius 2 is 2.00 bits per heavy atom. The van der Waals surface area contributed by atoms with Gasteiger partial charge in [-0.3, -0.25) is 10.1 Å². The van der Waals surface area contributed by atoms with Crippen molar-refractivity contribution >= 4 is 33.9 Å². The molecule has 0 spiro atoms. The van der Waals surface area contributed by atoms with Crippen LogP contribution in [-0.2, 0) is 6.54 Å². The number of aromatic nitrogens is 2. The zero-order valence-corrected chi connectivity index (χ0v) is 15.6. The van der Waals surface area contributed by atoms with Crippen molar-refractivity contribution < 1.29 is 13.9 Å². The zero-order valence-electron chi connectivity index (χ0n) is 15.6. The van der Waals surface area contributed by atoms with Gasteiger partial charge in [0.05, 0.1) is 23.2 Å². The van der Waals surface area contributed by atoms with Crippen molar-refractivity contribution in [1.29, 1.82) is 0 Å². The number of anilines is 1. The van der Waals surface area contributed by atoms with Crippen LogP contribution in [0.3, 0.4) is 0 Å². The lowest BCUT2D eigenvalue weighted by molar-refractivity contribution is 0.102. The summed E-state index contributed by atoms with van der Waals surface area (Å²) < 4.78 is 12.6. The molecule has 2 aromatic heterocycles. The van der Waals surface area contributed by atoms with Crippen molar-refractivity contribution in [2.24, 2.45) is 0 Å². The van der Waals surface area contributed by atoms with E-state index in [1.54, 1.807) is 18.2 Å². The van der Waals surface area contributed by atoms with Gasteiger partial charge in [0.15, 0.2) is 0 Å². The predicted octanol–water partition coefficient (Wildman–Crippen LogP) is 3.81. The Morgan fingerprint density at radius 3 is 2.79 bits per heavy atom. The van der Waals surface area contributed by atoms with Crippen LogP contribution >= 0.6 is 0 Å². The average molecular weight is 377 g/mol. The van der Waals surface area contributed by atoms with Crippen LogP contribution in [0.2, 0.25) is 0 Å². The highest BCUT2D eigenvalue weighted by Gasteiger charge is 2.17. The first kappa shape index (κ1) is 17.8. The molecule has 4 rings (SSSR count). The number of nitrogens with zero attached hydrogens (tertiary/aromatic N) is 2. The van der Waals surface area contributed by atoms with Crippen molar-refractivity contribution in [3.63, 3.8) is 0 Å². The van der Waals surface area contributed by atoms with Gasteiger partial charge in [-0.2, -0.15) is 0 Å². The van der Waals surface area contributed by atoms with Crippen LogP contribution in [0.15, 0.2) is 57.7 Å². The van der Waals surface area contributed by atoms with Gasteiger partial charge in [-0.1, -0.05) is 12.1 Å². The molecular formula is C21H19N3O4. The zero-order chi connectivity index (χ0) is 19.7. The van der Waals surface area contributed by atoms with Gasteiger partial charge in [0.2, 0.25) is 5.95 Å². The molecule has 7 nitrogen and oxygen atoms in total. The molecule has 4 aromatic rings. The van der Waals surface area contributed by atoms with Crippen LogP contribution in [-0.4, -0.2) is 22.1 Å². The van der Waals surface area contributed by atoms with Crippen LogP contribution in [0, 0.1) is 0 Å². The fourth-order valence-corrected chi connectivity index (χ4v) is 3.25. The van der Waals surface area contributed by atoms with Crippen LogP contribution in [0.1, 0.15) is 24.2 Å². The normalized spacial score (nSPS) is 11.1. The third-order valence-corrected chi connectivity index (χ3v) is 4.47. The molecule has 2 heterocycles. The number of rotatable bonds is 5. The topological polar surface area (TPSA) is 86.4 Å². The molecular weight excluding hydrogens is 358 g/mol. The summed E-state index contributed by atoms with van der Waals surface area (Å²) in [7, 11) is 0. The number of hydrogen-bond acceptors (Lipinski definition) is 5. The Labute approximate surface area is 160 Å². The second-order valence-corrected chi connectivity index (χ2v) is 6.19. The number of imidazole rings is 1. The number of ether oxygens (including phenoxy) is 1. The van der Waals surface area contributed by atoms with E-state index >= 15 is 0 Å². The van der Waals surface area contributed by atoms with Gasteiger partial charge in [0, 0.05) is 24.1 Å². The Balaban J connectivity index is 1.76. The van der Waals surface area contributed by atoms with Crippen LogP contribution in [0.25, 0.3) is 22.0 Å². The van der Waals surface area contributed by atoms with Crippen molar-refractivity contribution in [1.82, 2.24) is 9.55 Å². The van der Waals surface area contributed by atoms with Gasteiger partial charge in [-0.25, -0.2) is 9.78 Å². The molecule has 0 saturated heterocycles. The van der Waals surface area contributed by atoms with Crippen molar-refractivity contribution in [3.05, 3.63) is 64.5 Å². The maximum atomic E-state index is 13.0. The Hall–Kier alpha value is -3.61. The lowest BCUT2D eigenvalue weighted by atomic mass is 10.1. The van der Waals surface area contributed by atoms with Crippen molar-refractivity contribution in [2.75, 3.05) is 11.9 Å². The van der Waals surface area contributed by atoms with Crippen LogP contribution in [0.5, 0.6) is 5.75 Å². The quantitative estimate of drug-likeness (QED) is 0.535. The van der Waals surface area contributed by atoms with Gasteiger partial charge in [0.25, 0.3) is 5.91 Å². The number of amides is 1. The van der Waals surface area contributed by atoms with E-state index in [1.807, 2.05) is 42.7 Å². The number of fused-ring (bicyclic) bond motifs is 2. The summed E-state index contributed by atoms with van der Waals surface area (Å²) in [6.07, 6.45) is 0. The fourth-order valence-electron chi connectivity index (χ4n) is 3.25. The van der Waals surface area contributed by atoms with E-state index < -0.39 is 11.5 Å². The number of hydrogen-bond donors (Lipinski definition) is 1. The molecule has 0 saturated carbocycles. The van der Waals surface area contributed by atoms with Crippen molar-refractivity contribution in [3.8, 4) is 5.75 Å². The molecule has 0 fully saturated rings. The van der Waals surface area contributed by atoms with Gasteiger partial charge in [-0.15, -0.1) is 0 Å². The van der Waals surface area contributed by atoms with Gasteiger partial charge < -0.3 is 13.7 Å². The van der Waals surface area contributed by atoms with E-state index in [1.165, 1.54) is 6.07 Å². The SMILES string of the molecule is CCOc1ccc2c(C(=O)Nc3nc4ccccc4n3CC)cc(=O)oc2c1. The Morgan fingerprint density at radius 1 is 1.18 bits per heavy atom. The second-order valence-electron chi connectivity index (χ2n) is 6.19. The summed E-state index contributed by atoms with van der Waals surface area (Å²) in [6.45, 7) is 4.98. The highest BCUT2D eigenvalue weighted by atomic mass is 16.5. The molecule has 0 aliphatic heterocycles. The standard InChI is InChI=1S/C21H19N3O4/c1-3-24-17-8-6-5-7-16(17)22-21(24)23-20(26)15-12-19(25)28-18-11-13(27-4-2)9-10-14(15)18/h5-12H,3-4H2,1-2H3,(H,22,23,26). The molecule has 1 amide bonds. The predicted molar refractivity (Wildman–Crippen MR) is 107 cm³/mol. The summed E-state index contributed by atoms with van der Waals surface area (Å²) in [6, 6.07) is 13.9. The molecule has 7 heteroatoms. The molecule has 2 aromatic carbocycles. The molecule has 28 heavy (non-hydrogen) atoms. The van der Waals surface area contributed by atoms with Crippen molar-refractivity contribution in [2.45, 2.75) is 20.4 Å². The van der Waals surface area contributed by atoms with Gasteiger partial charge in [0.1, 0.15) is 11.3 Å². The highest BCUT2D eigenvalue weighted by molar-refractivity contribution is 6.11. The molecule has 1 N–H and O–H groups in total. The first-order chi connectivity index (χ1) is 13.6. The fraction of sp³-hybridized carbons (Fsp3) is 0.190. The third-order valence-electron chi connectivity index (χ3n) is 4.47. The smallest absolute Gasteiger partial charge is 0.337 e. The summed E-state index contributed by atoms with van der Waals surface area (Å²) >= 11 is 0. The first-order valence-electron chi connectivity index (χ1n) is 9.08.